The predicted molar refractivity (Wildman–Crippen MR) is 276 cm³/mol. The molecular formula is C57H54N4OS2. The van der Waals surface area contributed by atoms with Crippen LogP contribution in [0.2, 0.25) is 0 Å². The molecule has 1 aliphatic heterocycles. The third-order valence-electron chi connectivity index (χ3n) is 13.0. The van der Waals surface area contributed by atoms with E-state index in [-0.39, 0.29) is 16.2 Å². The van der Waals surface area contributed by atoms with Crippen LogP contribution in [0.1, 0.15) is 84.6 Å². The molecule has 4 aromatic heterocycles. The fourth-order valence-corrected chi connectivity index (χ4v) is 12.0. The van der Waals surface area contributed by atoms with Crippen LogP contribution in [0.15, 0.2) is 134 Å². The zero-order valence-electron chi connectivity index (χ0n) is 38.4. The molecule has 320 valence electrons. The lowest BCUT2D eigenvalue weighted by Crippen LogP contribution is -2.28. The van der Waals surface area contributed by atoms with Gasteiger partial charge in [0, 0.05) is 70.7 Å². The van der Waals surface area contributed by atoms with Gasteiger partial charge in [0.15, 0.2) is 0 Å². The zero-order chi connectivity index (χ0) is 44.4. The summed E-state index contributed by atoms with van der Waals surface area (Å²) in [5.74, 6) is 2.48. The molecule has 7 heteroatoms. The van der Waals surface area contributed by atoms with Crippen LogP contribution in [0.25, 0.3) is 57.9 Å². The van der Waals surface area contributed by atoms with Crippen LogP contribution in [0.5, 0.6) is 11.5 Å². The average molecular weight is 875 g/mol. The maximum atomic E-state index is 6.91. The second-order valence-corrected chi connectivity index (χ2v) is 22.8. The van der Waals surface area contributed by atoms with E-state index in [1.807, 2.05) is 28.9 Å². The highest BCUT2D eigenvalue weighted by Crippen LogP contribution is 2.56. The van der Waals surface area contributed by atoms with Gasteiger partial charge in [-0.15, -0.1) is 22.7 Å². The van der Waals surface area contributed by atoms with Crippen molar-refractivity contribution in [3.63, 3.8) is 0 Å². The fourth-order valence-electron chi connectivity index (χ4n) is 9.72. The topological polar surface area (TPSA) is 33.5 Å². The quantitative estimate of drug-likeness (QED) is 0.172. The molecule has 0 radical (unpaired) electrons. The standard InChI is InChI=1S/C57H54N4OS2/c1-34-28-36(56(5,6)7)29-44(57(8,9)10)51(34)60-33-59(54-53(60)43-19-12-14-21-47(43)64-54)37-16-15-17-38(31-37)62-39-22-23-40-41-24-25-48-50(42-18-11-13-20-46(42)63-48)52(41)61(45(40)32-39)49-30-35(26-27-58-49)55(2,3)4/h11-32H,33H2,1-10H3. The van der Waals surface area contributed by atoms with Crippen molar-refractivity contribution in [3.8, 4) is 17.3 Å². The molecule has 0 aliphatic carbocycles. The van der Waals surface area contributed by atoms with Gasteiger partial charge in [-0.25, -0.2) is 4.98 Å². The van der Waals surface area contributed by atoms with Crippen molar-refractivity contribution in [1.82, 2.24) is 9.55 Å². The van der Waals surface area contributed by atoms with E-state index in [0.29, 0.717) is 6.67 Å². The SMILES string of the molecule is Cc1cc(C(C)(C)C)cc(C(C)(C)C)c1N1CN(c2cccc(Oc3ccc4c5ccc6sc7ccccc7c6c5n(-c5cc(C(C)(C)C)ccn5)c4c3)c2)c2sc3ccccc3c21. The van der Waals surface area contributed by atoms with Crippen molar-refractivity contribution < 1.29 is 4.74 Å². The maximum absolute atomic E-state index is 6.91. The van der Waals surface area contributed by atoms with Gasteiger partial charge in [0.25, 0.3) is 0 Å². The van der Waals surface area contributed by atoms with Gasteiger partial charge < -0.3 is 14.5 Å². The zero-order valence-corrected chi connectivity index (χ0v) is 40.1. The summed E-state index contributed by atoms with van der Waals surface area (Å²) in [6.45, 7) is 23.8. The summed E-state index contributed by atoms with van der Waals surface area (Å²) < 4.78 is 13.1. The number of ether oxygens (including phenoxy) is 1. The number of hydrogen-bond donors (Lipinski definition) is 0. The molecule has 5 nitrogen and oxygen atoms in total. The number of rotatable bonds is 5. The molecule has 0 spiro atoms. The fraction of sp³-hybridized carbons (Fsp3) is 0.246. The Bertz CT molecular complexity index is 3490. The summed E-state index contributed by atoms with van der Waals surface area (Å²) in [6, 6.07) is 46.6. The molecule has 0 amide bonds. The first kappa shape index (κ1) is 40.6. The van der Waals surface area contributed by atoms with E-state index >= 15 is 0 Å². The van der Waals surface area contributed by atoms with E-state index < -0.39 is 0 Å². The van der Waals surface area contributed by atoms with Gasteiger partial charge in [-0.3, -0.25) is 4.57 Å². The van der Waals surface area contributed by atoms with Gasteiger partial charge in [0.2, 0.25) is 0 Å². The van der Waals surface area contributed by atoms with Gasteiger partial charge in [-0.1, -0.05) is 123 Å². The van der Waals surface area contributed by atoms with Gasteiger partial charge in [0.05, 0.1) is 16.7 Å². The first-order chi connectivity index (χ1) is 30.5. The van der Waals surface area contributed by atoms with Crippen molar-refractivity contribution in [2.45, 2.75) is 85.5 Å². The average Bonchev–Trinajstić information content (AvgIpc) is 4.01. The molecule has 0 unspecified atom stereocenters. The monoisotopic (exact) mass is 874 g/mol. The molecule has 0 bridgehead atoms. The Morgan fingerprint density at radius 1 is 0.547 bits per heavy atom. The van der Waals surface area contributed by atoms with Crippen LogP contribution in [0.3, 0.4) is 0 Å². The van der Waals surface area contributed by atoms with Crippen LogP contribution in [0.4, 0.5) is 22.1 Å². The molecule has 10 aromatic rings. The first-order valence-corrected chi connectivity index (χ1v) is 24.0. The normalized spacial score (nSPS) is 13.7. The molecule has 5 heterocycles. The van der Waals surface area contributed by atoms with Gasteiger partial charge in [0.1, 0.15) is 29.0 Å². The van der Waals surface area contributed by atoms with Crippen molar-refractivity contribution in [2.75, 3.05) is 16.5 Å². The Kier molecular flexibility index (Phi) is 9.16. The lowest BCUT2D eigenvalue weighted by atomic mass is 9.78. The molecule has 0 atom stereocenters. The van der Waals surface area contributed by atoms with E-state index in [0.717, 1.165) is 28.5 Å². The number of aryl methyl sites for hydroxylation is 1. The van der Waals surface area contributed by atoms with Crippen molar-refractivity contribution >= 4 is 96.8 Å². The number of hydrogen-bond acceptors (Lipinski definition) is 6. The number of anilines is 4. The van der Waals surface area contributed by atoms with Crippen LogP contribution in [-0.2, 0) is 16.2 Å². The minimum absolute atomic E-state index is 0.0340. The highest BCUT2D eigenvalue weighted by Gasteiger charge is 2.36. The van der Waals surface area contributed by atoms with Crippen molar-refractivity contribution in [3.05, 3.63) is 156 Å². The molecule has 11 rings (SSSR count). The van der Waals surface area contributed by atoms with E-state index in [4.69, 9.17) is 9.72 Å². The number of nitrogens with zero attached hydrogens (tertiary/aromatic N) is 4. The van der Waals surface area contributed by atoms with Crippen LogP contribution >= 0.6 is 22.7 Å². The van der Waals surface area contributed by atoms with Crippen molar-refractivity contribution in [1.29, 1.82) is 0 Å². The largest absolute Gasteiger partial charge is 0.457 e. The second kappa shape index (κ2) is 14.4. The summed E-state index contributed by atoms with van der Waals surface area (Å²) in [5.41, 5.74) is 11.2. The summed E-state index contributed by atoms with van der Waals surface area (Å²) in [4.78, 5) is 10.1. The molecule has 0 N–H and O–H groups in total. The minimum atomic E-state index is -0.0592. The highest BCUT2D eigenvalue weighted by molar-refractivity contribution is 7.26. The molecule has 6 aromatic carbocycles. The van der Waals surface area contributed by atoms with E-state index in [2.05, 4.69) is 211 Å². The summed E-state index contributed by atoms with van der Waals surface area (Å²) in [7, 11) is 0. The van der Waals surface area contributed by atoms with Crippen LogP contribution in [0, 0.1) is 6.92 Å². The van der Waals surface area contributed by atoms with E-state index in [1.165, 1.54) is 85.2 Å². The van der Waals surface area contributed by atoms with E-state index in [9.17, 15) is 0 Å². The molecule has 0 saturated carbocycles. The summed E-state index contributed by atoms with van der Waals surface area (Å²) >= 11 is 3.72. The minimum Gasteiger partial charge on any atom is -0.457 e. The second-order valence-electron chi connectivity index (χ2n) is 20.6. The third kappa shape index (κ3) is 6.58. The molecule has 1 aliphatic rings. The number of benzene rings is 6. The molecule has 0 fully saturated rings. The number of fused-ring (bicyclic) bond motifs is 10. The van der Waals surface area contributed by atoms with Crippen molar-refractivity contribution in [2.24, 2.45) is 0 Å². The Hall–Kier alpha value is -6.15. The Balaban J connectivity index is 1.03. The third-order valence-corrected chi connectivity index (χ3v) is 15.4. The highest BCUT2D eigenvalue weighted by atomic mass is 32.1. The lowest BCUT2D eigenvalue weighted by molar-refractivity contribution is 0.483. The number of aromatic nitrogens is 2. The maximum Gasteiger partial charge on any atom is 0.137 e. The number of pyridine rings is 1. The Morgan fingerprint density at radius 3 is 2.00 bits per heavy atom. The first-order valence-electron chi connectivity index (χ1n) is 22.4. The lowest BCUT2D eigenvalue weighted by Gasteiger charge is -2.33. The van der Waals surface area contributed by atoms with Gasteiger partial charge in [-0.2, -0.15) is 0 Å². The van der Waals surface area contributed by atoms with Gasteiger partial charge in [-0.05, 0) is 100 Å². The Labute approximate surface area is 384 Å². The number of thiophene rings is 2. The molecule has 0 saturated heterocycles. The summed E-state index contributed by atoms with van der Waals surface area (Å²) in [5, 5.41) is 7.45. The molecule has 64 heavy (non-hydrogen) atoms. The smallest absolute Gasteiger partial charge is 0.137 e. The van der Waals surface area contributed by atoms with Crippen LogP contribution < -0.4 is 14.5 Å². The van der Waals surface area contributed by atoms with E-state index in [1.54, 1.807) is 0 Å². The van der Waals surface area contributed by atoms with Crippen LogP contribution in [-0.4, -0.2) is 16.2 Å². The van der Waals surface area contributed by atoms with Gasteiger partial charge >= 0.3 is 0 Å². The predicted octanol–water partition coefficient (Wildman–Crippen LogP) is 17.0. The summed E-state index contributed by atoms with van der Waals surface area (Å²) in [6.07, 6.45) is 1.96. The Morgan fingerprint density at radius 2 is 1.25 bits per heavy atom. The molecular weight excluding hydrogens is 821 g/mol.